The van der Waals surface area contributed by atoms with Gasteiger partial charge < -0.3 is 24.8 Å². The molecule has 0 saturated carbocycles. The molecule has 272 valence electrons. The number of carbonyl (C=O) groups is 3. The van der Waals surface area contributed by atoms with Crippen LogP contribution < -0.4 is 5.32 Å². The number of esters is 2. The molecule has 0 unspecified atom stereocenters. The lowest BCUT2D eigenvalue weighted by molar-refractivity contribution is -0.656. The molecule has 3 N–H and O–H groups in total. The average molecular weight is 656 g/mol. The minimum Gasteiger partial charge on any atom is -0.464 e. The summed E-state index contributed by atoms with van der Waals surface area (Å²) < 4.78 is 10.9. The Morgan fingerprint density at radius 3 is 1.24 bits per heavy atom. The van der Waals surface area contributed by atoms with Crippen molar-refractivity contribution in [2.45, 2.75) is 181 Å². The van der Waals surface area contributed by atoms with E-state index in [4.69, 9.17) is 14.6 Å². The second-order valence-corrected chi connectivity index (χ2v) is 13.1. The van der Waals surface area contributed by atoms with E-state index in [9.17, 15) is 14.4 Å². The number of hydrogen-bond donors (Lipinski definition) is 2. The fraction of sp³-hybridized carbons (Fsp3) is 0.921. The van der Waals surface area contributed by atoms with Crippen molar-refractivity contribution in [1.82, 2.24) is 4.90 Å². The van der Waals surface area contributed by atoms with E-state index in [1.807, 2.05) is 5.32 Å². The maximum atomic E-state index is 12.9. The molecule has 0 aliphatic rings. The highest BCUT2D eigenvalue weighted by Gasteiger charge is 2.15. The molecular formula is C38H75N2O6+. The van der Waals surface area contributed by atoms with Crippen LogP contribution in [0.1, 0.15) is 181 Å². The molecule has 0 aromatic heterocycles. The molecule has 8 heteroatoms. The smallest absolute Gasteiger partial charge is 0.305 e. The largest absolute Gasteiger partial charge is 0.464 e. The molecule has 0 rings (SSSR count). The van der Waals surface area contributed by atoms with Crippen molar-refractivity contribution in [1.29, 1.82) is 0 Å². The third-order valence-corrected chi connectivity index (χ3v) is 8.70. The lowest BCUT2D eigenvalue weighted by atomic mass is 10.1. The third-order valence-electron chi connectivity index (χ3n) is 8.70. The van der Waals surface area contributed by atoms with Gasteiger partial charge in [0.05, 0.1) is 32.8 Å². The van der Waals surface area contributed by atoms with Gasteiger partial charge >= 0.3 is 11.9 Å². The van der Waals surface area contributed by atoms with Crippen LogP contribution in [-0.2, 0) is 23.9 Å². The number of hydrogen-bond acceptors (Lipinski definition) is 6. The quantitative estimate of drug-likeness (QED) is 0.0530. The van der Waals surface area contributed by atoms with Crippen molar-refractivity contribution in [3.63, 3.8) is 0 Å². The number of rotatable bonds is 36. The van der Waals surface area contributed by atoms with Gasteiger partial charge in [0, 0.05) is 25.7 Å². The lowest BCUT2D eigenvalue weighted by Gasteiger charge is -2.22. The number of aliphatic hydroxyl groups is 1. The predicted octanol–water partition coefficient (Wildman–Crippen LogP) is 7.64. The summed E-state index contributed by atoms with van der Waals surface area (Å²) in [4.78, 5) is 39.0. The molecule has 46 heavy (non-hydrogen) atoms. The number of nitrogens with zero attached hydrogens (tertiary/aromatic N) is 1. The van der Waals surface area contributed by atoms with Gasteiger partial charge in [-0.2, -0.15) is 0 Å². The van der Waals surface area contributed by atoms with Crippen LogP contribution in [0.3, 0.4) is 0 Å². The molecule has 0 aliphatic carbocycles. The van der Waals surface area contributed by atoms with Gasteiger partial charge in [-0.05, 0) is 12.8 Å². The summed E-state index contributed by atoms with van der Waals surface area (Å²) in [7, 11) is 0. The minimum atomic E-state index is -0.208. The van der Waals surface area contributed by atoms with Crippen molar-refractivity contribution in [3.8, 4) is 0 Å². The average Bonchev–Trinajstić information content (AvgIpc) is 3.05. The summed E-state index contributed by atoms with van der Waals surface area (Å²) in [6.07, 6.45) is 29.1. The van der Waals surface area contributed by atoms with E-state index in [1.54, 1.807) is 4.90 Å². The fourth-order valence-electron chi connectivity index (χ4n) is 5.70. The van der Waals surface area contributed by atoms with Gasteiger partial charge in [-0.25, -0.2) is 0 Å². The number of aliphatic hydroxyl groups excluding tert-OH is 1. The normalized spacial score (nSPS) is 11.1. The number of nitrogens with two attached hydrogens (primary N) is 1. The van der Waals surface area contributed by atoms with Crippen LogP contribution in [0, 0.1) is 0 Å². The second-order valence-electron chi connectivity index (χ2n) is 13.1. The van der Waals surface area contributed by atoms with Gasteiger partial charge in [-0.15, -0.1) is 0 Å². The standard InChI is InChI=1S/C38H74N2O6/c1-3-5-7-9-11-13-15-17-19-21-23-27-37(43)45-34-31-40(36(42)26-25-29-39-30-33-41)32-35-46-38(44)28-24-22-20-18-16-14-12-10-8-6-4-2/h39,41H,3-35H2,1-2H3/p+1. The second kappa shape index (κ2) is 36.2. The zero-order valence-corrected chi connectivity index (χ0v) is 30.3. The summed E-state index contributed by atoms with van der Waals surface area (Å²) in [5, 5.41) is 10.9. The van der Waals surface area contributed by atoms with E-state index in [0.29, 0.717) is 45.3 Å². The molecule has 0 atom stereocenters. The molecular weight excluding hydrogens is 580 g/mol. The van der Waals surface area contributed by atoms with E-state index in [2.05, 4.69) is 13.8 Å². The number of ether oxygens (including phenoxy) is 2. The van der Waals surface area contributed by atoms with Crippen molar-refractivity contribution in [2.24, 2.45) is 0 Å². The maximum Gasteiger partial charge on any atom is 0.305 e. The highest BCUT2D eigenvalue weighted by atomic mass is 16.5. The first-order valence-electron chi connectivity index (χ1n) is 19.6. The summed E-state index contributed by atoms with van der Waals surface area (Å²) in [5.74, 6) is -0.444. The Kier molecular flexibility index (Phi) is 34.9. The van der Waals surface area contributed by atoms with Crippen LogP contribution in [0.5, 0.6) is 0 Å². The molecule has 0 aromatic carbocycles. The predicted molar refractivity (Wildman–Crippen MR) is 189 cm³/mol. The van der Waals surface area contributed by atoms with Crippen molar-refractivity contribution in [2.75, 3.05) is 46.0 Å². The van der Waals surface area contributed by atoms with Crippen molar-refractivity contribution >= 4 is 17.8 Å². The summed E-state index contributed by atoms with van der Waals surface area (Å²) in [6.45, 7) is 6.94. The molecule has 0 saturated heterocycles. The van der Waals surface area contributed by atoms with E-state index >= 15 is 0 Å². The van der Waals surface area contributed by atoms with Gasteiger partial charge in [0.15, 0.2) is 0 Å². The minimum absolute atomic E-state index is 0.0276. The first-order valence-corrected chi connectivity index (χ1v) is 19.6. The molecule has 0 radical (unpaired) electrons. The fourth-order valence-corrected chi connectivity index (χ4v) is 5.70. The van der Waals surface area contributed by atoms with E-state index in [1.165, 1.54) is 103 Å². The zero-order valence-electron chi connectivity index (χ0n) is 30.3. The van der Waals surface area contributed by atoms with E-state index in [-0.39, 0.29) is 37.7 Å². The van der Waals surface area contributed by atoms with E-state index < -0.39 is 0 Å². The van der Waals surface area contributed by atoms with E-state index in [0.717, 1.165) is 45.1 Å². The zero-order chi connectivity index (χ0) is 33.8. The molecule has 0 heterocycles. The van der Waals surface area contributed by atoms with Gasteiger partial charge in [0.25, 0.3) is 0 Å². The van der Waals surface area contributed by atoms with Crippen molar-refractivity contribution < 1.29 is 34.3 Å². The Labute approximate surface area is 283 Å². The van der Waals surface area contributed by atoms with Gasteiger partial charge in [0.1, 0.15) is 13.2 Å². The molecule has 8 nitrogen and oxygen atoms in total. The Morgan fingerprint density at radius 1 is 0.500 bits per heavy atom. The number of amides is 1. The van der Waals surface area contributed by atoms with Crippen LogP contribution in [0.15, 0.2) is 0 Å². The summed E-state index contributed by atoms with van der Waals surface area (Å²) in [6, 6.07) is 0. The maximum absolute atomic E-state index is 12.9. The van der Waals surface area contributed by atoms with Crippen LogP contribution in [0.25, 0.3) is 0 Å². The molecule has 1 amide bonds. The van der Waals surface area contributed by atoms with Crippen LogP contribution >= 0.6 is 0 Å². The van der Waals surface area contributed by atoms with Crippen molar-refractivity contribution in [3.05, 3.63) is 0 Å². The first kappa shape index (κ1) is 44.3. The monoisotopic (exact) mass is 656 g/mol. The first-order chi connectivity index (χ1) is 22.5. The summed E-state index contributed by atoms with van der Waals surface area (Å²) >= 11 is 0. The molecule has 0 aliphatic heterocycles. The van der Waals surface area contributed by atoms with Gasteiger partial charge in [-0.3, -0.25) is 14.4 Å². The highest BCUT2D eigenvalue weighted by Crippen LogP contribution is 2.13. The van der Waals surface area contributed by atoms with Crippen LogP contribution in [-0.4, -0.2) is 73.9 Å². The molecule has 0 aromatic rings. The Balaban J connectivity index is 4.14. The Morgan fingerprint density at radius 2 is 0.870 bits per heavy atom. The third kappa shape index (κ3) is 32.3. The molecule has 0 spiro atoms. The van der Waals surface area contributed by atoms with Gasteiger partial charge in [0.2, 0.25) is 5.91 Å². The Bertz CT molecular complexity index is 646. The Hall–Kier alpha value is -1.67. The number of unbranched alkanes of at least 4 members (excludes halogenated alkanes) is 20. The summed E-state index contributed by atoms with van der Waals surface area (Å²) in [5.41, 5.74) is 0. The lowest BCUT2D eigenvalue weighted by Crippen LogP contribution is -2.85. The van der Waals surface area contributed by atoms with Gasteiger partial charge in [-0.1, -0.05) is 142 Å². The molecule has 0 bridgehead atoms. The van der Waals surface area contributed by atoms with Crippen LogP contribution in [0.4, 0.5) is 0 Å². The topological polar surface area (TPSA) is 110 Å². The number of quaternary nitrogens is 1. The SMILES string of the molecule is CCCCCCCCCCCCCC(=O)OCCN(CCOC(=O)CCCCCCCCCCCCC)C(=O)CCC[NH2+]CCO. The molecule has 0 fully saturated rings. The van der Waals surface area contributed by atoms with Crippen LogP contribution in [0.2, 0.25) is 0 Å². The highest BCUT2D eigenvalue weighted by molar-refractivity contribution is 5.76. The number of carbonyl (C=O) groups excluding carboxylic acids is 3.